The van der Waals surface area contributed by atoms with Crippen LogP contribution < -0.4 is 15.8 Å². The molecule has 0 aliphatic heterocycles. The highest BCUT2D eigenvalue weighted by atomic mass is 16.5. The second kappa shape index (κ2) is 7.02. The van der Waals surface area contributed by atoms with Gasteiger partial charge < -0.3 is 15.8 Å². The Morgan fingerprint density at radius 3 is 2.79 bits per heavy atom. The number of para-hydroxylation sites is 1. The normalized spacial score (nSPS) is 17.2. The van der Waals surface area contributed by atoms with Crippen LogP contribution in [0.15, 0.2) is 29.3 Å². The summed E-state index contributed by atoms with van der Waals surface area (Å²) in [5, 5.41) is 3.31. The van der Waals surface area contributed by atoms with Crippen molar-refractivity contribution in [2.75, 3.05) is 7.11 Å². The molecule has 0 bridgehead atoms. The van der Waals surface area contributed by atoms with Crippen LogP contribution in [0.4, 0.5) is 0 Å². The van der Waals surface area contributed by atoms with Crippen LogP contribution in [0.3, 0.4) is 0 Å². The van der Waals surface area contributed by atoms with Gasteiger partial charge in [0.2, 0.25) is 0 Å². The highest BCUT2D eigenvalue weighted by Gasteiger charge is 2.13. The molecule has 0 amide bonds. The van der Waals surface area contributed by atoms with E-state index in [0.717, 1.165) is 11.3 Å². The number of ether oxygens (including phenoxy) is 1. The Morgan fingerprint density at radius 1 is 1.32 bits per heavy atom. The number of benzene rings is 1. The zero-order chi connectivity index (χ0) is 13.5. The molecule has 0 atom stereocenters. The van der Waals surface area contributed by atoms with Gasteiger partial charge >= 0.3 is 0 Å². The van der Waals surface area contributed by atoms with Gasteiger partial charge in [-0.2, -0.15) is 0 Å². The van der Waals surface area contributed by atoms with Crippen LogP contribution in [0.25, 0.3) is 0 Å². The average Bonchev–Trinajstić information content (AvgIpc) is 2.46. The minimum atomic E-state index is 0.496. The van der Waals surface area contributed by atoms with Crippen molar-refractivity contribution in [1.29, 1.82) is 0 Å². The number of aliphatic imine (C=N–C) groups is 1. The van der Waals surface area contributed by atoms with Gasteiger partial charge in [-0.25, -0.2) is 4.99 Å². The first-order chi connectivity index (χ1) is 9.29. The third-order valence-electron chi connectivity index (χ3n) is 3.57. The lowest BCUT2D eigenvalue weighted by Gasteiger charge is -2.23. The van der Waals surface area contributed by atoms with Crippen LogP contribution in [0, 0.1) is 0 Å². The minimum absolute atomic E-state index is 0.496. The van der Waals surface area contributed by atoms with Crippen LogP contribution in [0.1, 0.15) is 37.7 Å². The van der Waals surface area contributed by atoms with Gasteiger partial charge in [-0.05, 0) is 18.9 Å². The fraction of sp³-hybridized carbons (Fsp3) is 0.533. The van der Waals surface area contributed by atoms with E-state index in [4.69, 9.17) is 10.5 Å². The van der Waals surface area contributed by atoms with E-state index in [1.165, 1.54) is 32.1 Å². The second-order valence-electron chi connectivity index (χ2n) is 4.99. The number of guanidine groups is 1. The fourth-order valence-corrected chi connectivity index (χ4v) is 2.51. The van der Waals surface area contributed by atoms with Gasteiger partial charge in [-0.1, -0.05) is 37.5 Å². The first-order valence-corrected chi connectivity index (χ1v) is 6.98. The summed E-state index contributed by atoms with van der Waals surface area (Å²) in [6, 6.07) is 8.38. The molecule has 0 aromatic heterocycles. The van der Waals surface area contributed by atoms with Crippen LogP contribution in [0.5, 0.6) is 5.75 Å². The molecular weight excluding hydrogens is 238 g/mol. The number of rotatable bonds is 4. The molecule has 0 spiro atoms. The monoisotopic (exact) mass is 261 g/mol. The number of hydrogen-bond donors (Lipinski definition) is 2. The lowest BCUT2D eigenvalue weighted by atomic mass is 9.96. The summed E-state index contributed by atoms with van der Waals surface area (Å²) in [7, 11) is 1.67. The van der Waals surface area contributed by atoms with E-state index >= 15 is 0 Å². The van der Waals surface area contributed by atoms with Gasteiger partial charge in [-0.15, -0.1) is 0 Å². The molecular formula is C15H23N3O. The van der Waals surface area contributed by atoms with E-state index in [1.807, 2.05) is 24.3 Å². The van der Waals surface area contributed by atoms with Crippen LogP contribution in [-0.4, -0.2) is 19.1 Å². The first kappa shape index (κ1) is 13.7. The van der Waals surface area contributed by atoms with Crippen LogP contribution in [-0.2, 0) is 6.54 Å². The van der Waals surface area contributed by atoms with Gasteiger partial charge in [0, 0.05) is 11.6 Å². The van der Waals surface area contributed by atoms with Crippen molar-refractivity contribution in [1.82, 2.24) is 5.32 Å². The van der Waals surface area contributed by atoms with Gasteiger partial charge in [0.05, 0.1) is 13.7 Å². The molecule has 104 valence electrons. The van der Waals surface area contributed by atoms with Crippen molar-refractivity contribution < 1.29 is 4.74 Å². The largest absolute Gasteiger partial charge is 0.496 e. The number of nitrogens with one attached hydrogen (secondary N) is 1. The zero-order valence-electron chi connectivity index (χ0n) is 11.6. The topological polar surface area (TPSA) is 59.6 Å². The number of methoxy groups -OCH3 is 1. The first-order valence-electron chi connectivity index (χ1n) is 6.98. The van der Waals surface area contributed by atoms with Gasteiger partial charge in [0.25, 0.3) is 0 Å². The molecule has 0 unspecified atom stereocenters. The quantitative estimate of drug-likeness (QED) is 0.646. The molecule has 4 heteroatoms. The summed E-state index contributed by atoms with van der Waals surface area (Å²) in [5.41, 5.74) is 7.00. The average molecular weight is 261 g/mol. The van der Waals surface area contributed by atoms with E-state index in [0.29, 0.717) is 18.5 Å². The molecule has 1 aromatic carbocycles. The van der Waals surface area contributed by atoms with E-state index < -0.39 is 0 Å². The third kappa shape index (κ3) is 4.16. The zero-order valence-corrected chi connectivity index (χ0v) is 11.6. The summed E-state index contributed by atoms with van der Waals surface area (Å²) in [4.78, 5) is 4.40. The predicted octanol–water partition coefficient (Wildman–Crippen LogP) is 2.43. The maximum absolute atomic E-state index is 5.94. The Bertz CT molecular complexity index is 425. The Labute approximate surface area is 115 Å². The maximum Gasteiger partial charge on any atom is 0.189 e. The van der Waals surface area contributed by atoms with E-state index in [9.17, 15) is 0 Å². The van der Waals surface area contributed by atoms with Crippen molar-refractivity contribution in [3.05, 3.63) is 29.8 Å². The molecule has 0 radical (unpaired) electrons. The molecule has 3 N–H and O–H groups in total. The van der Waals surface area contributed by atoms with E-state index in [2.05, 4.69) is 10.3 Å². The summed E-state index contributed by atoms with van der Waals surface area (Å²) in [6.07, 6.45) is 6.32. The summed E-state index contributed by atoms with van der Waals surface area (Å²) in [6.45, 7) is 0.551. The third-order valence-corrected chi connectivity index (χ3v) is 3.57. The maximum atomic E-state index is 5.94. The smallest absolute Gasteiger partial charge is 0.189 e. The number of nitrogens with two attached hydrogens (primary N) is 1. The van der Waals surface area contributed by atoms with Gasteiger partial charge in [-0.3, -0.25) is 0 Å². The minimum Gasteiger partial charge on any atom is -0.496 e. The van der Waals surface area contributed by atoms with Gasteiger partial charge in [0.15, 0.2) is 5.96 Å². The highest BCUT2D eigenvalue weighted by molar-refractivity contribution is 5.78. The van der Waals surface area contributed by atoms with Crippen LogP contribution in [0.2, 0.25) is 0 Å². The standard InChI is InChI=1S/C15H23N3O/c1-19-14-10-6-5-7-12(14)11-17-15(16)18-13-8-3-2-4-9-13/h5-7,10,13H,2-4,8-9,11H2,1H3,(H3,16,17,18). The summed E-state index contributed by atoms with van der Waals surface area (Å²) in [5.74, 6) is 1.40. The van der Waals surface area contributed by atoms with E-state index in [-0.39, 0.29) is 0 Å². The van der Waals surface area contributed by atoms with E-state index in [1.54, 1.807) is 7.11 Å². The lowest BCUT2D eigenvalue weighted by Crippen LogP contribution is -2.41. The Kier molecular flexibility index (Phi) is 5.07. The van der Waals surface area contributed by atoms with Crippen molar-refractivity contribution >= 4 is 5.96 Å². The van der Waals surface area contributed by atoms with Crippen molar-refractivity contribution in [3.8, 4) is 5.75 Å². The van der Waals surface area contributed by atoms with Crippen molar-refractivity contribution in [3.63, 3.8) is 0 Å². The summed E-state index contributed by atoms with van der Waals surface area (Å²) >= 11 is 0. The second-order valence-corrected chi connectivity index (χ2v) is 4.99. The predicted molar refractivity (Wildman–Crippen MR) is 78.3 cm³/mol. The molecule has 1 saturated carbocycles. The number of hydrogen-bond acceptors (Lipinski definition) is 2. The Hall–Kier alpha value is -1.71. The van der Waals surface area contributed by atoms with Gasteiger partial charge in [0.1, 0.15) is 5.75 Å². The Balaban J connectivity index is 1.89. The van der Waals surface area contributed by atoms with Crippen LogP contribution >= 0.6 is 0 Å². The van der Waals surface area contributed by atoms with Crippen molar-refractivity contribution in [2.45, 2.75) is 44.7 Å². The molecule has 1 aromatic rings. The molecule has 2 rings (SSSR count). The molecule has 0 heterocycles. The summed E-state index contributed by atoms with van der Waals surface area (Å²) < 4.78 is 5.30. The molecule has 19 heavy (non-hydrogen) atoms. The molecule has 1 fully saturated rings. The highest BCUT2D eigenvalue weighted by Crippen LogP contribution is 2.19. The molecule has 4 nitrogen and oxygen atoms in total. The number of nitrogens with zero attached hydrogens (tertiary/aromatic N) is 1. The molecule has 0 saturated heterocycles. The van der Waals surface area contributed by atoms with Crippen molar-refractivity contribution in [2.24, 2.45) is 10.7 Å². The molecule has 1 aliphatic rings. The molecule has 1 aliphatic carbocycles. The SMILES string of the molecule is COc1ccccc1CN=C(N)NC1CCCCC1. The lowest BCUT2D eigenvalue weighted by molar-refractivity contribution is 0.408. The Morgan fingerprint density at radius 2 is 2.05 bits per heavy atom. The fourth-order valence-electron chi connectivity index (χ4n) is 2.51.